The topological polar surface area (TPSA) is 0 Å². The summed E-state index contributed by atoms with van der Waals surface area (Å²) < 4.78 is 0. The Bertz CT molecular complexity index is 642. The molecule has 1 aliphatic rings. The van der Waals surface area contributed by atoms with Crippen LogP contribution in [0.2, 0.25) is 0 Å². The second-order valence-electron chi connectivity index (χ2n) is 7.75. The molecule has 0 nitrogen and oxygen atoms in total. The standard InChI is InChI=1S/C24H36/c1-16(2)10-11-18(4)19(5)12-13-20(6)22(8)23(9)24-15-17(3)14-21(24)7/h10-11,15,20H,1,12-14H2,2-9H3/b11-10-,19-18+,23-22+. The van der Waals surface area contributed by atoms with Crippen molar-refractivity contribution in [3.8, 4) is 0 Å². The molecule has 1 aliphatic carbocycles. The van der Waals surface area contributed by atoms with Crippen molar-refractivity contribution in [2.24, 2.45) is 5.92 Å². The molecule has 0 aliphatic heterocycles. The summed E-state index contributed by atoms with van der Waals surface area (Å²) in [5.41, 5.74) is 11.5. The molecule has 0 radical (unpaired) electrons. The lowest BCUT2D eigenvalue weighted by Gasteiger charge is -2.17. The van der Waals surface area contributed by atoms with E-state index >= 15 is 0 Å². The fraction of sp³-hybridized carbons (Fsp3) is 0.500. The van der Waals surface area contributed by atoms with E-state index < -0.39 is 0 Å². The summed E-state index contributed by atoms with van der Waals surface area (Å²) in [6, 6.07) is 0. The Hall–Kier alpha value is -1.56. The monoisotopic (exact) mass is 324 g/mol. The van der Waals surface area contributed by atoms with Crippen LogP contribution in [-0.4, -0.2) is 0 Å². The van der Waals surface area contributed by atoms with Gasteiger partial charge < -0.3 is 0 Å². The van der Waals surface area contributed by atoms with E-state index in [1.54, 1.807) is 5.57 Å². The first-order chi connectivity index (χ1) is 11.1. The van der Waals surface area contributed by atoms with Gasteiger partial charge >= 0.3 is 0 Å². The van der Waals surface area contributed by atoms with Crippen molar-refractivity contribution >= 4 is 0 Å². The van der Waals surface area contributed by atoms with Crippen molar-refractivity contribution in [1.82, 2.24) is 0 Å². The quantitative estimate of drug-likeness (QED) is 0.418. The van der Waals surface area contributed by atoms with E-state index in [9.17, 15) is 0 Å². The van der Waals surface area contributed by atoms with Crippen LogP contribution in [0.3, 0.4) is 0 Å². The highest BCUT2D eigenvalue weighted by Gasteiger charge is 2.15. The molecule has 0 aromatic carbocycles. The second kappa shape index (κ2) is 9.06. The Labute approximate surface area is 150 Å². The molecule has 24 heavy (non-hydrogen) atoms. The molecule has 132 valence electrons. The largest absolute Gasteiger partial charge is 0.0961 e. The van der Waals surface area contributed by atoms with Gasteiger partial charge in [0.15, 0.2) is 0 Å². The van der Waals surface area contributed by atoms with Crippen molar-refractivity contribution < 1.29 is 0 Å². The van der Waals surface area contributed by atoms with Gasteiger partial charge in [0.2, 0.25) is 0 Å². The van der Waals surface area contributed by atoms with Crippen molar-refractivity contribution in [1.29, 1.82) is 0 Å². The summed E-state index contributed by atoms with van der Waals surface area (Å²) in [6.07, 6.45) is 10.2. The average molecular weight is 325 g/mol. The second-order valence-corrected chi connectivity index (χ2v) is 7.75. The van der Waals surface area contributed by atoms with Crippen LogP contribution >= 0.6 is 0 Å². The predicted octanol–water partition coefficient (Wildman–Crippen LogP) is 7.87. The van der Waals surface area contributed by atoms with Gasteiger partial charge in [-0.3, -0.25) is 0 Å². The molecule has 0 amide bonds. The van der Waals surface area contributed by atoms with Gasteiger partial charge in [0, 0.05) is 0 Å². The number of allylic oxidation sites excluding steroid dienone is 11. The summed E-state index contributed by atoms with van der Waals surface area (Å²) in [6.45, 7) is 21.9. The van der Waals surface area contributed by atoms with Gasteiger partial charge in [-0.05, 0) is 84.8 Å². The summed E-state index contributed by atoms with van der Waals surface area (Å²) >= 11 is 0. The lowest BCUT2D eigenvalue weighted by molar-refractivity contribution is 0.604. The van der Waals surface area contributed by atoms with Gasteiger partial charge in [-0.1, -0.05) is 65.2 Å². The lowest BCUT2D eigenvalue weighted by atomic mass is 9.88. The minimum atomic E-state index is 0.618. The van der Waals surface area contributed by atoms with Crippen LogP contribution in [0.15, 0.2) is 69.4 Å². The highest BCUT2D eigenvalue weighted by Crippen LogP contribution is 2.33. The van der Waals surface area contributed by atoms with Crippen molar-refractivity contribution in [2.45, 2.75) is 74.7 Å². The molecule has 1 rings (SSSR count). The van der Waals surface area contributed by atoms with Crippen LogP contribution in [0.25, 0.3) is 0 Å². The lowest BCUT2D eigenvalue weighted by Crippen LogP contribution is -2.01. The minimum Gasteiger partial charge on any atom is -0.0961 e. The van der Waals surface area contributed by atoms with Gasteiger partial charge in [-0.25, -0.2) is 0 Å². The maximum Gasteiger partial charge on any atom is -0.0102 e. The molecule has 1 atom stereocenters. The zero-order valence-corrected chi connectivity index (χ0v) is 17.1. The highest BCUT2D eigenvalue weighted by atomic mass is 14.2. The van der Waals surface area contributed by atoms with E-state index in [1.165, 1.54) is 39.9 Å². The van der Waals surface area contributed by atoms with Crippen LogP contribution in [-0.2, 0) is 0 Å². The highest BCUT2D eigenvalue weighted by molar-refractivity contribution is 5.50. The van der Waals surface area contributed by atoms with Gasteiger partial charge in [0.05, 0.1) is 0 Å². The third-order valence-corrected chi connectivity index (χ3v) is 5.37. The van der Waals surface area contributed by atoms with E-state index in [-0.39, 0.29) is 0 Å². The van der Waals surface area contributed by atoms with E-state index in [1.807, 2.05) is 6.92 Å². The van der Waals surface area contributed by atoms with Gasteiger partial charge in [0.1, 0.15) is 0 Å². The molecule has 0 fully saturated rings. The molecular formula is C24H36. The third kappa shape index (κ3) is 5.82. The first-order valence-electron chi connectivity index (χ1n) is 9.18. The maximum absolute atomic E-state index is 3.93. The fourth-order valence-corrected chi connectivity index (χ4v) is 3.20. The Morgan fingerprint density at radius 1 is 1.12 bits per heavy atom. The normalized spacial score (nSPS) is 18.6. The minimum absolute atomic E-state index is 0.618. The van der Waals surface area contributed by atoms with E-state index in [0.29, 0.717) is 5.92 Å². The smallest absolute Gasteiger partial charge is 0.0102 e. The zero-order chi connectivity index (χ0) is 18.4. The van der Waals surface area contributed by atoms with Gasteiger partial charge in [-0.15, -0.1) is 0 Å². The number of hydrogen-bond acceptors (Lipinski definition) is 0. The molecule has 0 bridgehead atoms. The van der Waals surface area contributed by atoms with Crippen molar-refractivity contribution in [3.05, 3.63) is 69.4 Å². The molecule has 0 aromatic rings. The third-order valence-electron chi connectivity index (χ3n) is 5.37. The first-order valence-corrected chi connectivity index (χ1v) is 9.18. The molecular weight excluding hydrogens is 288 g/mol. The van der Waals surface area contributed by atoms with Gasteiger partial charge in [-0.2, -0.15) is 0 Å². The maximum atomic E-state index is 3.93. The summed E-state index contributed by atoms with van der Waals surface area (Å²) in [5, 5.41) is 0. The Morgan fingerprint density at radius 3 is 2.25 bits per heavy atom. The van der Waals surface area contributed by atoms with Crippen molar-refractivity contribution in [2.75, 3.05) is 0 Å². The first kappa shape index (κ1) is 20.5. The summed E-state index contributed by atoms with van der Waals surface area (Å²) in [4.78, 5) is 0. The SMILES string of the molecule is C=C(C)/C=C\C(C)=C(/C)CCC(C)/C(C)=C(\C)C1=C(C)CC(C)=C1. The van der Waals surface area contributed by atoms with E-state index in [0.717, 1.165) is 18.4 Å². The summed E-state index contributed by atoms with van der Waals surface area (Å²) in [7, 11) is 0. The zero-order valence-electron chi connectivity index (χ0n) is 17.1. The number of rotatable bonds is 7. The molecule has 0 heterocycles. The van der Waals surface area contributed by atoms with Crippen LogP contribution < -0.4 is 0 Å². The molecule has 0 aromatic heterocycles. The Kier molecular flexibility index (Phi) is 7.73. The Balaban J connectivity index is 2.79. The predicted molar refractivity (Wildman–Crippen MR) is 110 cm³/mol. The average Bonchev–Trinajstić information content (AvgIpc) is 2.86. The van der Waals surface area contributed by atoms with Crippen LogP contribution in [0.5, 0.6) is 0 Å². The molecule has 1 unspecified atom stereocenters. The van der Waals surface area contributed by atoms with E-state index in [2.05, 4.69) is 73.3 Å². The van der Waals surface area contributed by atoms with Crippen LogP contribution in [0.4, 0.5) is 0 Å². The van der Waals surface area contributed by atoms with Crippen LogP contribution in [0.1, 0.15) is 74.7 Å². The molecule has 0 N–H and O–H groups in total. The van der Waals surface area contributed by atoms with Gasteiger partial charge in [0.25, 0.3) is 0 Å². The molecule has 0 saturated heterocycles. The Morgan fingerprint density at radius 2 is 1.75 bits per heavy atom. The molecule has 0 heteroatoms. The van der Waals surface area contributed by atoms with Crippen molar-refractivity contribution in [3.63, 3.8) is 0 Å². The van der Waals surface area contributed by atoms with Crippen LogP contribution in [0, 0.1) is 5.92 Å². The van der Waals surface area contributed by atoms with E-state index in [4.69, 9.17) is 0 Å². The fourth-order valence-electron chi connectivity index (χ4n) is 3.20. The summed E-state index contributed by atoms with van der Waals surface area (Å²) in [5.74, 6) is 0.618. The molecule has 0 saturated carbocycles. The molecule has 0 spiro atoms. The number of hydrogen-bond donors (Lipinski definition) is 0.